The predicted molar refractivity (Wildman–Crippen MR) is 74.7 cm³/mol. The van der Waals surface area contributed by atoms with Gasteiger partial charge in [0.2, 0.25) is 5.91 Å². The lowest BCUT2D eigenvalue weighted by Gasteiger charge is -2.32. The summed E-state index contributed by atoms with van der Waals surface area (Å²) in [6.45, 7) is 5.78. The third-order valence-electron chi connectivity index (χ3n) is 3.88. The highest BCUT2D eigenvalue weighted by Crippen LogP contribution is 2.27. The van der Waals surface area contributed by atoms with Gasteiger partial charge in [-0.15, -0.1) is 0 Å². The number of hydrogen-bond acceptors (Lipinski definition) is 2. The van der Waals surface area contributed by atoms with Crippen molar-refractivity contribution < 1.29 is 4.79 Å². The van der Waals surface area contributed by atoms with Crippen molar-refractivity contribution in [2.45, 2.75) is 58.9 Å². The lowest BCUT2D eigenvalue weighted by atomic mass is 9.83. The Balaban J connectivity index is 2.54. The molecule has 0 aromatic rings. The number of nitrogens with two attached hydrogens (primary N) is 1. The van der Waals surface area contributed by atoms with Crippen molar-refractivity contribution in [1.29, 1.82) is 0 Å². The molecule has 1 rings (SSSR count). The highest BCUT2D eigenvalue weighted by atomic mass is 32.1. The molecular weight excluding hydrogens is 232 g/mol. The van der Waals surface area contributed by atoms with Crippen LogP contribution in [0.4, 0.5) is 0 Å². The van der Waals surface area contributed by atoms with Gasteiger partial charge >= 0.3 is 0 Å². The Morgan fingerprint density at radius 3 is 2.65 bits per heavy atom. The average Bonchev–Trinajstić information content (AvgIpc) is 2.29. The summed E-state index contributed by atoms with van der Waals surface area (Å²) in [7, 11) is 0. The lowest BCUT2D eigenvalue weighted by Crippen LogP contribution is -2.49. The normalized spacial score (nSPS) is 25.4. The van der Waals surface area contributed by atoms with E-state index in [1.807, 2.05) is 0 Å². The molecular formula is C13H24N2OS. The summed E-state index contributed by atoms with van der Waals surface area (Å²) in [5, 5.41) is 3.10. The van der Waals surface area contributed by atoms with Crippen LogP contribution < -0.4 is 11.1 Å². The Bertz CT molecular complexity index is 302. The van der Waals surface area contributed by atoms with E-state index in [-0.39, 0.29) is 10.9 Å². The van der Waals surface area contributed by atoms with Crippen LogP contribution in [0.15, 0.2) is 0 Å². The Hall–Kier alpha value is -0.640. The monoisotopic (exact) mass is 256 g/mol. The van der Waals surface area contributed by atoms with Crippen molar-refractivity contribution >= 4 is 23.1 Å². The molecule has 0 aliphatic heterocycles. The second-order valence-corrected chi connectivity index (χ2v) is 6.04. The van der Waals surface area contributed by atoms with Crippen LogP contribution in [0.1, 0.15) is 52.9 Å². The van der Waals surface area contributed by atoms with Crippen LogP contribution >= 0.6 is 12.2 Å². The smallest absolute Gasteiger partial charge is 0.232 e. The minimum Gasteiger partial charge on any atom is -0.392 e. The maximum absolute atomic E-state index is 12.1. The number of nitrogens with one attached hydrogen (secondary N) is 1. The molecule has 3 nitrogen and oxygen atoms in total. The summed E-state index contributed by atoms with van der Waals surface area (Å²) in [6, 6.07) is 0.301. The van der Waals surface area contributed by atoms with Crippen molar-refractivity contribution in [3.05, 3.63) is 0 Å². The van der Waals surface area contributed by atoms with Gasteiger partial charge in [-0.05, 0) is 32.6 Å². The Kier molecular flexibility index (Phi) is 4.92. The number of carbonyl (C=O) groups excluding carboxylic acids is 1. The maximum Gasteiger partial charge on any atom is 0.232 e. The lowest BCUT2D eigenvalue weighted by molar-refractivity contribution is -0.127. The standard InChI is InChI=1S/C13H24N2OS/c1-4-9-6-5-7-10(8-9)15-12(16)13(2,3)11(14)17/h9-10H,4-8H2,1-3H3,(H2,14,17)(H,15,16). The number of carbonyl (C=O) groups is 1. The first kappa shape index (κ1) is 14.4. The molecule has 17 heavy (non-hydrogen) atoms. The van der Waals surface area contributed by atoms with Gasteiger partial charge in [-0.1, -0.05) is 38.4 Å². The minimum absolute atomic E-state index is 0.0354. The van der Waals surface area contributed by atoms with E-state index in [2.05, 4.69) is 12.2 Å². The molecule has 0 radical (unpaired) electrons. The fourth-order valence-electron chi connectivity index (χ4n) is 2.27. The summed E-state index contributed by atoms with van der Waals surface area (Å²) in [4.78, 5) is 12.4. The van der Waals surface area contributed by atoms with E-state index in [0.29, 0.717) is 6.04 Å². The van der Waals surface area contributed by atoms with Crippen LogP contribution in [0.5, 0.6) is 0 Å². The molecule has 1 saturated carbocycles. The van der Waals surface area contributed by atoms with Gasteiger partial charge in [-0.25, -0.2) is 0 Å². The summed E-state index contributed by atoms with van der Waals surface area (Å²) in [6.07, 6.45) is 5.87. The fraction of sp³-hybridized carbons (Fsp3) is 0.846. The first-order valence-corrected chi connectivity index (χ1v) is 6.89. The minimum atomic E-state index is -0.742. The van der Waals surface area contributed by atoms with Crippen LogP contribution in [-0.4, -0.2) is 16.9 Å². The molecule has 2 atom stereocenters. The number of thiocarbonyl (C=S) groups is 1. The second-order valence-electron chi connectivity index (χ2n) is 5.60. The van der Waals surface area contributed by atoms with Gasteiger partial charge in [0.15, 0.2) is 0 Å². The zero-order chi connectivity index (χ0) is 13.1. The van der Waals surface area contributed by atoms with Gasteiger partial charge in [0.1, 0.15) is 0 Å². The summed E-state index contributed by atoms with van der Waals surface area (Å²) >= 11 is 4.94. The topological polar surface area (TPSA) is 55.1 Å². The molecule has 3 N–H and O–H groups in total. The molecule has 98 valence electrons. The molecule has 0 spiro atoms. The first-order valence-electron chi connectivity index (χ1n) is 6.48. The predicted octanol–water partition coefficient (Wildman–Crippen LogP) is 2.38. The molecule has 0 bridgehead atoms. The van der Waals surface area contributed by atoms with Crippen molar-refractivity contribution in [2.75, 3.05) is 0 Å². The van der Waals surface area contributed by atoms with Crippen molar-refractivity contribution in [1.82, 2.24) is 5.32 Å². The molecule has 1 aliphatic carbocycles. The second kappa shape index (κ2) is 5.80. The van der Waals surface area contributed by atoms with Crippen molar-refractivity contribution in [3.63, 3.8) is 0 Å². The van der Waals surface area contributed by atoms with Gasteiger partial charge < -0.3 is 11.1 Å². The Labute approximate surface area is 110 Å². The highest BCUT2D eigenvalue weighted by Gasteiger charge is 2.33. The number of amides is 1. The fourth-order valence-corrected chi connectivity index (χ4v) is 2.36. The van der Waals surface area contributed by atoms with Gasteiger partial charge in [-0.3, -0.25) is 4.79 Å². The largest absolute Gasteiger partial charge is 0.392 e. The summed E-state index contributed by atoms with van der Waals surface area (Å²) in [5.74, 6) is 0.716. The quantitative estimate of drug-likeness (QED) is 0.759. The molecule has 2 unspecified atom stereocenters. The summed E-state index contributed by atoms with van der Waals surface area (Å²) in [5.41, 5.74) is 4.86. The third kappa shape index (κ3) is 3.66. The molecule has 0 aromatic carbocycles. The van der Waals surface area contributed by atoms with E-state index in [1.165, 1.54) is 19.3 Å². The molecule has 1 fully saturated rings. The molecule has 4 heteroatoms. The maximum atomic E-state index is 12.1. The average molecular weight is 256 g/mol. The SMILES string of the molecule is CCC1CCCC(NC(=O)C(C)(C)C(N)=S)C1. The van der Waals surface area contributed by atoms with Crippen LogP contribution in [0, 0.1) is 11.3 Å². The molecule has 1 aliphatic rings. The van der Waals surface area contributed by atoms with Crippen LogP contribution in [-0.2, 0) is 4.79 Å². The van der Waals surface area contributed by atoms with E-state index < -0.39 is 5.41 Å². The Morgan fingerprint density at radius 1 is 1.47 bits per heavy atom. The zero-order valence-electron chi connectivity index (χ0n) is 11.1. The van der Waals surface area contributed by atoms with Crippen molar-refractivity contribution in [2.24, 2.45) is 17.1 Å². The van der Waals surface area contributed by atoms with Gasteiger partial charge in [-0.2, -0.15) is 0 Å². The third-order valence-corrected chi connectivity index (χ3v) is 4.39. The molecule has 0 heterocycles. The Morgan fingerprint density at radius 2 is 2.12 bits per heavy atom. The zero-order valence-corrected chi connectivity index (χ0v) is 11.9. The van der Waals surface area contributed by atoms with Gasteiger partial charge in [0, 0.05) is 6.04 Å². The number of hydrogen-bond donors (Lipinski definition) is 2. The van der Waals surface area contributed by atoms with Crippen LogP contribution in [0.25, 0.3) is 0 Å². The molecule has 0 aromatic heterocycles. The van der Waals surface area contributed by atoms with Crippen LogP contribution in [0.3, 0.4) is 0 Å². The molecule has 1 amide bonds. The summed E-state index contributed by atoms with van der Waals surface area (Å²) < 4.78 is 0. The van der Waals surface area contributed by atoms with Gasteiger partial charge in [0.05, 0.1) is 10.4 Å². The van der Waals surface area contributed by atoms with E-state index in [1.54, 1.807) is 13.8 Å². The number of rotatable bonds is 4. The first-order chi connectivity index (χ1) is 7.87. The van der Waals surface area contributed by atoms with E-state index in [0.717, 1.165) is 18.8 Å². The van der Waals surface area contributed by atoms with Gasteiger partial charge in [0.25, 0.3) is 0 Å². The highest BCUT2D eigenvalue weighted by molar-refractivity contribution is 7.80. The van der Waals surface area contributed by atoms with Crippen LogP contribution in [0.2, 0.25) is 0 Å². The van der Waals surface area contributed by atoms with Crippen molar-refractivity contribution in [3.8, 4) is 0 Å². The van der Waals surface area contributed by atoms with E-state index in [9.17, 15) is 4.79 Å². The van der Waals surface area contributed by atoms with E-state index >= 15 is 0 Å². The van der Waals surface area contributed by atoms with E-state index in [4.69, 9.17) is 18.0 Å². The molecule has 0 saturated heterocycles.